The zero-order valence-electron chi connectivity index (χ0n) is 14.7. The zero-order chi connectivity index (χ0) is 17.9. The van der Waals surface area contributed by atoms with E-state index >= 15 is 0 Å². The molecule has 1 aliphatic heterocycles. The third kappa shape index (κ3) is 4.51. The fraction of sp³-hybridized carbons (Fsp3) is 0.421. The normalized spacial score (nSPS) is 16.0. The van der Waals surface area contributed by atoms with Crippen molar-refractivity contribution >= 4 is 15.5 Å². The van der Waals surface area contributed by atoms with Crippen LogP contribution in [0.5, 0.6) is 5.75 Å². The van der Waals surface area contributed by atoms with Crippen molar-refractivity contribution < 1.29 is 13.2 Å². The standard InChI is InChI=1S/C19H24N2O3S/c1-15-13-20-10-7-19(15)24-14-16-8-11-21(12-9-16)17-3-5-18(6-4-17)25(2,22)23/h3-7,10,13,16H,8-9,11-12,14H2,1-2H3. The Morgan fingerprint density at radius 2 is 1.84 bits per heavy atom. The van der Waals surface area contributed by atoms with Crippen LogP contribution >= 0.6 is 0 Å². The molecule has 2 aromatic rings. The monoisotopic (exact) mass is 360 g/mol. The molecule has 1 fully saturated rings. The fourth-order valence-corrected chi connectivity index (χ4v) is 3.72. The number of aryl methyl sites for hydroxylation is 1. The Bertz CT molecular complexity index is 811. The lowest BCUT2D eigenvalue weighted by Gasteiger charge is -2.33. The summed E-state index contributed by atoms with van der Waals surface area (Å²) in [6, 6.07) is 9.08. The molecule has 0 amide bonds. The van der Waals surface area contributed by atoms with Gasteiger partial charge in [-0.3, -0.25) is 4.98 Å². The maximum atomic E-state index is 11.5. The van der Waals surface area contributed by atoms with Crippen LogP contribution in [0.15, 0.2) is 47.6 Å². The van der Waals surface area contributed by atoms with Gasteiger partial charge in [-0.1, -0.05) is 0 Å². The van der Waals surface area contributed by atoms with Gasteiger partial charge in [0.2, 0.25) is 0 Å². The predicted octanol–water partition coefficient (Wildman–Crippen LogP) is 3.09. The van der Waals surface area contributed by atoms with E-state index < -0.39 is 9.84 Å². The molecule has 1 saturated heterocycles. The van der Waals surface area contributed by atoms with Crippen molar-refractivity contribution in [1.82, 2.24) is 4.98 Å². The van der Waals surface area contributed by atoms with Gasteiger partial charge in [0.05, 0.1) is 11.5 Å². The molecule has 25 heavy (non-hydrogen) atoms. The van der Waals surface area contributed by atoms with Crippen LogP contribution in [0, 0.1) is 12.8 Å². The smallest absolute Gasteiger partial charge is 0.175 e. The first-order chi connectivity index (χ1) is 11.9. The van der Waals surface area contributed by atoms with Gasteiger partial charge in [0, 0.05) is 43.0 Å². The molecule has 3 rings (SSSR count). The Balaban J connectivity index is 1.52. The summed E-state index contributed by atoms with van der Waals surface area (Å²) in [4.78, 5) is 6.75. The van der Waals surface area contributed by atoms with Gasteiger partial charge in [-0.2, -0.15) is 0 Å². The highest BCUT2D eigenvalue weighted by Crippen LogP contribution is 2.25. The molecule has 1 aromatic carbocycles. The molecule has 0 bridgehead atoms. The number of hydrogen-bond donors (Lipinski definition) is 0. The van der Waals surface area contributed by atoms with E-state index in [-0.39, 0.29) is 0 Å². The molecular weight excluding hydrogens is 336 g/mol. The number of sulfone groups is 1. The van der Waals surface area contributed by atoms with Gasteiger partial charge in [-0.25, -0.2) is 8.42 Å². The molecule has 2 heterocycles. The third-order valence-corrected chi connectivity index (χ3v) is 5.82. The molecule has 134 valence electrons. The highest BCUT2D eigenvalue weighted by atomic mass is 32.2. The molecule has 0 spiro atoms. The van der Waals surface area contributed by atoms with E-state index in [0.717, 1.165) is 49.5 Å². The van der Waals surface area contributed by atoms with Crippen LogP contribution in [0.1, 0.15) is 18.4 Å². The summed E-state index contributed by atoms with van der Waals surface area (Å²) in [6.07, 6.45) is 6.94. The largest absolute Gasteiger partial charge is 0.493 e. The summed E-state index contributed by atoms with van der Waals surface area (Å²) in [7, 11) is -3.14. The minimum atomic E-state index is -3.14. The highest BCUT2D eigenvalue weighted by Gasteiger charge is 2.20. The predicted molar refractivity (Wildman–Crippen MR) is 99.0 cm³/mol. The van der Waals surface area contributed by atoms with E-state index in [2.05, 4.69) is 9.88 Å². The number of rotatable bonds is 5. The molecule has 0 atom stereocenters. The van der Waals surface area contributed by atoms with Gasteiger partial charge < -0.3 is 9.64 Å². The van der Waals surface area contributed by atoms with Crippen LogP contribution in [0.3, 0.4) is 0 Å². The van der Waals surface area contributed by atoms with Crippen LogP contribution in [-0.4, -0.2) is 39.4 Å². The van der Waals surface area contributed by atoms with Crippen LogP contribution in [0.2, 0.25) is 0 Å². The van der Waals surface area contributed by atoms with Gasteiger partial charge in [-0.15, -0.1) is 0 Å². The summed E-state index contributed by atoms with van der Waals surface area (Å²) in [6.45, 7) is 4.65. The van der Waals surface area contributed by atoms with Crippen molar-refractivity contribution in [3.8, 4) is 5.75 Å². The summed E-state index contributed by atoms with van der Waals surface area (Å²) < 4.78 is 29.0. The van der Waals surface area contributed by atoms with E-state index in [1.54, 1.807) is 18.3 Å². The molecule has 0 N–H and O–H groups in total. The van der Waals surface area contributed by atoms with Gasteiger partial charge in [0.25, 0.3) is 0 Å². The van der Waals surface area contributed by atoms with Crippen LogP contribution in [0.4, 0.5) is 5.69 Å². The molecular formula is C19H24N2O3S. The lowest BCUT2D eigenvalue weighted by Crippen LogP contribution is -2.35. The molecule has 0 radical (unpaired) electrons. The molecule has 0 unspecified atom stereocenters. The average molecular weight is 360 g/mol. The Hall–Kier alpha value is -2.08. The van der Waals surface area contributed by atoms with E-state index in [9.17, 15) is 8.42 Å². The third-order valence-electron chi connectivity index (χ3n) is 4.69. The second-order valence-corrected chi connectivity index (χ2v) is 8.66. The van der Waals surface area contributed by atoms with Crippen LogP contribution in [0.25, 0.3) is 0 Å². The second-order valence-electron chi connectivity index (χ2n) is 6.65. The molecule has 5 nitrogen and oxygen atoms in total. The maximum Gasteiger partial charge on any atom is 0.175 e. The Morgan fingerprint density at radius 1 is 1.16 bits per heavy atom. The molecule has 1 aromatic heterocycles. The van der Waals surface area contributed by atoms with Crippen molar-refractivity contribution in [2.45, 2.75) is 24.7 Å². The number of aromatic nitrogens is 1. The van der Waals surface area contributed by atoms with Gasteiger partial charge in [-0.05, 0) is 56.0 Å². The number of anilines is 1. The topological polar surface area (TPSA) is 59.5 Å². The Labute approximate surface area is 149 Å². The lowest BCUT2D eigenvalue weighted by atomic mass is 9.97. The number of piperidine rings is 1. The molecule has 0 saturated carbocycles. The second kappa shape index (κ2) is 7.44. The van der Waals surface area contributed by atoms with E-state index in [1.807, 2.05) is 31.3 Å². The van der Waals surface area contributed by atoms with Gasteiger partial charge in [0.1, 0.15) is 5.75 Å². The van der Waals surface area contributed by atoms with E-state index in [1.165, 1.54) is 6.26 Å². The Kier molecular flexibility index (Phi) is 5.27. The number of ether oxygens (including phenoxy) is 1. The van der Waals surface area contributed by atoms with Gasteiger partial charge >= 0.3 is 0 Å². The first-order valence-electron chi connectivity index (χ1n) is 8.52. The number of benzene rings is 1. The number of nitrogens with zero attached hydrogens (tertiary/aromatic N) is 2. The average Bonchev–Trinajstić information content (AvgIpc) is 2.61. The van der Waals surface area contributed by atoms with Crippen molar-refractivity contribution in [1.29, 1.82) is 0 Å². The highest BCUT2D eigenvalue weighted by molar-refractivity contribution is 7.90. The summed E-state index contributed by atoms with van der Waals surface area (Å²) in [5.41, 5.74) is 2.14. The first-order valence-corrected chi connectivity index (χ1v) is 10.4. The molecule has 1 aliphatic rings. The fourth-order valence-electron chi connectivity index (χ4n) is 3.09. The quantitative estimate of drug-likeness (QED) is 0.820. The Morgan fingerprint density at radius 3 is 2.44 bits per heavy atom. The van der Waals surface area contributed by atoms with Crippen molar-refractivity contribution in [3.63, 3.8) is 0 Å². The summed E-state index contributed by atoms with van der Waals surface area (Å²) in [5.74, 6) is 1.45. The zero-order valence-corrected chi connectivity index (χ0v) is 15.5. The maximum absolute atomic E-state index is 11.5. The van der Waals surface area contributed by atoms with Gasteiger partial charge in [0.15, 0.2) is 9.84 Å². The van der Waals surface area contributed by atoms with Crippen molar-refractivity contribution in [2.24, 2.45) is 5.92 Å². The van der Waals surface area contributed by atoms with E-state index in [4.69, 9.17) is 4.74 Å². The van der Waals surface area contributed by atoms with Crippen LogP contribution < -0.4 is 9.64 Å². The van der Waals surface area contributed by atoms with Crippen LogP contribution in [-0.2, 0) is 9.84 Å². The number of hydrogen-bond acceptors (Lipinski definition) is 5. The summed E-state index contributed by atoms with van der Waals surface area (Å²) in [5, 5.41) is 0. The van der Waals surface area contributed by atoms with Crippen molar-refractivity contribution in [2.75, 3.05) is 30.9 Å². The van der Waals surface area contributed by atoms with E-state index in [0.29, 0.717) is 10.8 Å². The minimum Gasteiger partial charge on any atom is -0.493 e. The SMILES string of the molecule is Cc1cnccc1OCC1CCN(c2ccc(S(C)(=O)=O)cc2)CC1. The number of pyridine rings is 1. The first kappa shape index (κ1) is 17.7. The summed E-state index contributed by atoms with van der Waals surface area (Å²) >= 11 is 0. The van der Waals surface area contributed by atoms with Crippen molar-refractivity contribution in [3.05, 3.63) is 48.3 Å². The lowest BCUT2D eigenvalue weighted by molar-refractivity contribution is 0.221. The molecule has 6 heteroatoms. The minimum absolute atomic E-state index is 0.368. The molecule has 0 aliphatic carbocycles.